The highest BCUT2D eigenvalue weighted by atomic mass is 16.5. The van der Waals surface area contributed by atoms with Gasteiger partial charge in [-0.05, 0) is 36.1 Å². The van der Waals surface area contributed by atoms with Gasteiger partial charge in [-0.2, -0.15) is 0 Å². The van der Waals surface area contributed by atoms with E-state index in [0.29, 0.717) is 0 Å². The number of ether oxygens (including phenoxy) is 1. The van der Waals surface area contributed by atoms with E-state index < -0.39 is 0 Å². The van der Waals surface area contributed by atoms with Crippen molar-refractivity contribution in [2.75, 3.05) is 13.7 Å². The second kappa shape index (κ2) is 4.21. The molecule has 1 aliphatic rings. The van der Waals surface area contributed by atoms with E-state index in [2.05, 4.69) is 0 Å². The fourth-order valence-corrected chi connectivity index (χ4v) is 2.23. The maximum atomic E-state index is 9.18. The molecule has 0 spiro atoms. The first-order valence-corrected chi connectivity index (χ1v) is 5.29. The zero-order chi connectivity index (χ0) is 10.8. The lowest BCUT2D eigenvalue weighted by atomic mass is 9.80. The third-order valence-corrected chi connectivity index (χ3v) is 3.24. The second-order valence-electron chi connectivity index (χ2n) is 4.07. The van der Waals surface area contributed by atoms with Gasteiger partial charge in [0.2, 0.25) is 0 Å². The molecular weight excluding hydrogens is 190 g/mol. The molecule has 0 radical (unpaired) electrons. The van der Waals surface area contributed by atoms with Gasteiger partial charge in [0.25, 0.3) is 0 Å². The molecule has 82 valence electrons. The zero-order valence-corrected chi connectivity index (χ0v) is 8.94. The van der Waals surface area contributed by atoms with Crippen molar-refractivity contribution in [3.05, 3.63) is 29.3 Å². The van der Waals surface area contributed by atoms with Gasteiger partial charge >= 0.3 is 0 Å². The summed E-state index contributed by atoms with van der Waals surface area (Å²) in [4.78, 5) is 0. The molecule has 2 atom stereocenters. The lowest BCUT2D eigenvalue weighted by molar-refractivity contribution is 0.190. The van der Waals surface area contributed by atoms with Crippen molar-refractivity contribution >= 4 is 0 Å². The Morgan fingerprint density at radius 2 is 2.33 bits per heavy atom. The van der Waals surface area contributed by atoms with Crippen LogP contribution in [0.3, 0.4) is 0 Å². The van der Waals surface area contributed by atoms with E-state index in [4.69, 9.17) is 10.5 Å². The number of hydrogen-bond donors (Lipinski definition) is 2. The van der Waals surface area contributed by atoms with Gasteiger partial charge in [-0.3, -0.25) is 0 Å². The Labute approximate surface area is 89.9 Å². The molecule has 0 bridgehead atoms. The average Bonchev–Trinajstić information content (AvgIpc) is 2.29. The third kappa shape index (κ3) is 1.85. The van der Waals surface area contributed by atoms with Crippen LogP contribution in [-0.4, -0.2) is 18.8 Å². The molecule has 15 heavy (non-hydrogen) atoms. The summed E-state index contributed by atoms with van der Waals surface area (Å²) in [6.45, 7) is 0.173. The Bertz CT molecular complexity index is 351. The van der Waals surface area contributed by atoms with E-state index in [-0.39, 0.29) is 18.6 Å². The standard InChI is InChI=1S/C12H17NO2/c1-15-10-4-5-11-8(6-10)2-3-9(7-14)12(11)13/h4-6,9,12,14H,2-3,7,13H2,1H3. The number of aliphatic hydroxyl groups excluding tert-OH is 1. The monoisotopic (exact) mass is 207 g/mol. The van der Waals surface area contributed by atoms with Crippen LogP contribution in [-0.2, 0) is 6.42 Å². The molecule has 0 aliphatic heterocycles. The largest absolute Gasteiger partial charge is 0.497 e. The van der Waals surface area contributed by atoms with E-state index in [1.54, 1.807) is 7.11 Å². The molecule has 1 aromatic carbocycles. The first kappa shape index (κ1) is 10.5. The van der Waals surface area contributed by atoms with Gasteiger partial charge < -0.3 is 15.6 Å². The Kier molecular flexibility index (Phi) is 2.93. The van der Waals surface area contributed by atoms with Gasteiger partial charge in [0.15, 0.2) is 0 Å². The molecular formula is C12H17NO2. The summed E-state index contributed by atoms with van der Waals surface area (Å²) in [7, 11) is 1.67. The second-order valence-corrected chi connectivity index (χ2v) is 4.07. The number of rotatable bonds is 2. The van der Waals surface area contributed by atoms with Crippen LogP contribution in [0.2, 0.25) is 0 Å². The summed E-state index contributed by atoms with van der Waals surface area (Å²) < 4.78 is 5.18. The topological polar surface area (TPSA) is 55.5 Å². The van der Waals surface area contributed by atoms with E-state index in [9.17, 15) is 5.11 Å². The fraction of sp³-hybridized carbons (Fsp3) is 0.500. The normalized spacial score (nSPS) is 24.7. The highest BCUT2D eigenvalue weighted by Crippen LogP contribution is 2.34. The van der Waals surface area contributed by atoms with Gasteiger partial charge in [-0.25, -0.2) is 0 Å². The van der Waals surface area contributed by atoms with Crippen molar-refractivity contribution in [3.63, 3.8) is 0 Å². The van der Waals surface area contributed by atoms with Gasteiger partial charge in [0.05, 0.1) is 7.11 Å². The Morgan fingerprint density at radius 1 is 1.53 bits per heavy atom. The number of methoxy groups -OCH3 is 1. The van der Waals surface area contributed by atoms with Gasteiger partial charge in [0.1, 0.15) is 5.75 Å². The van der Waals surface area contributed by atoms with Crippen molar-refractivity contribution < 1.29 is 9.84 Å². The SMILES string of the molecule is COc1ccc2c(c1)CCC(CO)C2N. The van der Waals surface area contributed by atoms with Crippen LogP contribution < -0.4 is 10.5 Å². The highest BCUT2D eigenvalue weighted by molar-refractivity contribution is 5.39. The molecule has 0 heterocycles. The Balaban J connectivity index is 2.33. The number of hydrogen-bond acceptors (Lipinski definition) is 3. The van der Waals surface area contributed by atoms with E-state index >= 15 is 0 Å². The molecule has 1 aliphatic carbocycles. The maximum Gasteiger partial charge on any atom is 0.119 e. The summed E-state index contributed by atoms with van der Waals surface area (Å²) in [5, 5.41) is 9.18. The summed E-state index contributed by atoms with van der Waals surface area (Å²) in [5.74, 6) is 1.08. The smallest absolute Gasteiger partial charge is 0.119 e. The number of fused-ring (bicyclic) bond motifs is 1. The van der Waals surface area contributed by atoms with Gasteiger partial charge in [0, 0.05) is 18.6 Å². The van der Waals surface area contributed by atoms with E-state index in [1.165, 1.54) is 5.56 Å². The van der Waals surface area contributed by atoms with Crippen molar-refractivity contribution in [2.24, 2.45) is 11.7 Å². The predicted molar refractivity (Wildman–Crippen MR) is 58.8 cm³/mol. The van der Waals surface area contributed by atoms with Crippen LogP contribution in [0.25, 0.3) is 0 Å². The van der Waals surface area contributed by atoms with Crippen molar-refractivity contribution in [1.29, 1.82) is 0 Å². The number of aliphatic hydroxyl groups is 1. The molecule has 0 fully saturated rings. The maximum absolute atomic E-state index is 9.18. The van der Waals surface area contributed by atoms with Crippen LogP contribution in [0, 0.1) is 5.92 Å². The van der Waals surface area contributed by atoms with Crippen LogP contribution >= 0.6 is 0 Å². The van der Waals surface area contributed by atoms with E-state index in [1.807, 2.05) is 18.2 Å². The minimum Gasteiger partial charge on any atom is -0.497 e. The predicted octanol–water partition coefficient (Wildman–Crippen LogP) is 1.25. The van der Waals surface area contributed by atoms with E-state index in [0.717, 1.165) is 24.2 Å². The Hall–Kier alpha value is -1.06. The average molecular weight is 207 g/mol. The molecule has 0 saturated carbocycles. The number of nitrogens with two attached hydrogens (primary N) is 1. The molecule has 3 N–H and O–H groups in total. The summed E-state index contributed by atoms with van der Waals surface area (Å²) in [5.41, 5.74) is 8.50. The molecule has 0 amide bonds. The molecule has 1 aromatic rings. The molecule has 2 unspecified atom stereocenters. The van der Waals surface area contributed by atoms with Crippen LogP contribution in [0.5, 0.6) is 5.75 Å². The first-order valence-electron chi connectivity index (χ1n) is 5.29. The molecule has 2 rings (SSSR count). The lowest BCUT2D eigenvalue weighted by Crippen LogP contribution is -2.29. The van der Waals surface area contributed by atoms with Gasteiger partial charge in [-0.1, -0.05) is 6.07 Å². The van der Waals surface area contributed by atoms with Crippen molar-refractivity contribution in [3.8, 4) is 5.75 Å². The molecule has 3 heteroatoms. The summed E-state index contributed by atoms with van der Waals surface area (Å²) >= 11 is 0. The summed E-state index contributed by atoms with van der Waals surface area (Å²) in [6, 6.07) is 5.95. The molecule has 0 aromatic heterocycles. The highest BCUT2D eigenvalue weighted by Gasteiger charge is 2.26. The van der Waals surface area contributed by atoms with Crippen LogP contribution in [0.1, 0.15) is 23.6 Å². The Morgan fingerprint density at radius 3 is 3.00 bits per heavy atom. The molecule has 0 saturated heterocycles. The minimum absolute atomic E-state index is 0.0374. The van der Waals surface area contributed by atoms with Crippen molar-refractivity contribution in [1.82, 2.24) is 0 Å². The van der Waals surface area contributed by atoms with Crippen molar-refractivity contribution in [2.45, 2.75) is 18.9 Å². The zero-order valence-electron chi connectivity index (χ0n) is 8.94. The quantitative estimate of drug-likeness (QED) is 0.767. The first-order chi connectivity index (χ1) is 7.26. The van der Waals surface area contributed by atoms with Crippen LogP contribution in [0.4, 0.5) is 0 Å². The summed E-state index contributed by atoms with van der Waals surface area (Å²) in [6.07, 6.45) is 1.93. The number of benzene rings is 1. The van der Waals surface area contributed by atoms with Gasteiger partial charge in [-0.15, -0.1) is 0 Å². The minimum atomic E-state index is -0.0374. The number of aryl methyl sites for hydroxylation is 1. The third-order valence-electron chi connectivity index (χ3n) is 3.24. The lowest BCUT2D eigenvalue weighted by Gasteiger charge is -2.29. The molecule has 3 nitrogen and oxygen atoms in total. The fourth-order valence-electron chi connectivity index (χ4n) is 2.23. The van der Waals surface area contributed by atoms with Crippen LogP contribution in [0.15, 0.2) is 18.2 Å².